The molecule has 0 saturated carbocycles. The quantitative estimate of drug-likeness (QED) is 0.564. The van der Waals surface area contributed by atoms with Crippen molar-refractivity contribution in [2.45, 2.75) is 26.9 Å². The minimum absolute atomic E-state index is 0.576. The third-order valence-corrected chi connectivity index (χ3v) is 1.40. The van der Waals surface area contributed by atoms with Crippen molar-refractivity contribution in [1.29, 1.82) is 0 Å². The van der Waals surface area contributed by atoms with Gasteiger partial charge in [-0.3, -0.25) is 0 Å². The van der Waals surface area contributed by atoms with Gasteiger partial charge in [-0.25, -0.2) is 4.39 Å². The van der Waals surface area contributed by atoms with Crippen LogP contribution in [-0.2, 0) is 0 Å². The van der Waals surface area contributed by atoms with Gasteiger partial charge in [0.05, 0.1) is 0 Å². The molecule has 0 aromatic carbocycles. The minimum atomic E-state index is -0.690. The molecule has 1 atom stereocenters. The SMILES string of the molecule is CCN(CC)CC(C)F. The summed E-state index contributed by atoms with van der Waals surface area (Å²) in [5.41, 5.74) is 0. The molecule has 0 aliphatic carbocycles. The van der Waals surface area contributed by atoms with Crippen molar-refractivity contribution in [3.05, 3.63) is 0 Å². The summed E-state index contributed by atoms with van der Waals surface area (Å²) in [6.07, 6.45) is -0.690. The molecular formula is C7H16FN. The number of halogens is 1. The zero-order chi connectivity index (χ0) is 7.28. The Labute approximate surface area is 56.9 Å². The second-order valence-corrected chi connectivity index (χ2v) is 2.27. The maximum absolute atomic E-state index is 12.3. The van der Waals surface area contributed by atoms with E-state index in [1.54, 1.807) is 6.92 Å². The van der Waals surface area contributed by atoms with Gasteiger partial charge in [0, 0.05) is 6.54 Å². The van der Waals surface area contributed by atoms with Gasteiger partial charge in [0.1, 0.15) is 6.17 Å². The molecule has 0 saturated heterocycles. The molecule has 0 radical (unpaired) electrons. The lowest BCUT2D eigenvalue weighted by Crippen LogP contribution is -2.28. The lowest BCUT2D eigenvalue weighted by molar-refractivity contribution is 0.217. The van der Waals surface area contributed by atoms with E-state index < -0.39 is 6.17 Å². The maximum Gasteiger partial charge on any atom is 0.110 e. The molecule has 0 fully saturated rings. The van der Waals surface area contributed by atoms with Crippen LogP contribution >= 0.6 is 0 Å². The second-order valence-electron chi connectivity index (χ2n) is 2.27. The molecule has 0 heterocycles. The Morgan fingerprint density at radius 3 is 1.89 bits per heavy atom. The first-order chi connectivity index (χ1) is 4.20. The zero-order valence-corrected chi connectivity index (χ0v) is 6.52. The fourth-order valence-electron chi connectivity index (χ4n) is 0.838. The molecule has 0 aliphatic heterocycles. The molecule has 0 rings (SSSR count). The van der Waals surface area contributed by atoms with Gasteiger partial charge in [0.25, 0.3) is 0 Å². The van der Waals surface area contributed by atoms with E-state index in [1.165, 1.54) is 0 Å². The van der Waals surface area contributed by atoms with E-state index in [0.717, 1.165) is 13.1 Å². The highest BCUT2D eigenvalue weighted by Gasteiger charge is 2.03. The first kappa shape index (κ1) is 8.89. The number of rotatable bonds is 4. The average molecular weight is 133 g/mol. The summed E-state index contributed by atoms with van der Waals surface area (Å²) in [5, 5.41) is 0. The highest BCUT2D eigenvalue weighted by Crippen LogP contribution is 1.93. The van der Waals surface area contributed by atoms with E-state index in [-0.39, 0.29) is 0 Å². The first-order valence-electron chi connectivity index (χ1n) is 3.57. The van der Waals surface area contributed by atoms with Crippen molar-refractivity contribution in [1.82, 2.24) is 4.90 Å². The fraction of sp³-hybridized carbons (Fsp3) is 1.00. The van der Waals surface area contributed by atoms with Gasteiger partial charge in [-0.2, -0.15) is 0 Å². The van der Waals surface area contributed by atoms with Crippen molar-refractivity contribution < 1.29 is 4.39 Å². The van der Waals surface area contributed by atoms with Crippen LogP contribution in [0.1, 0.15) is 20.8 Å². The molecule has 2 heteroatoms. The minimum Gasteiger partial charge on any atom is -0.301 e. The summed E-state index contributed by atoms with van der Waals surface area (Å²) in [4.78, 5) is 2.07. The van der Waals surface area contributed by atoms with Gasteiger partial charge in [-0.1, -0.05) is 13.8 Å². The molecule has 0 amide bonds. The monoisotopic (exact) mass is 133 g/mol. The van der Waals surface area contributed by atoms with Gasteiger partial charge in [0.15, 0.2) is 0 Å². The molecule has 0 aromatic heterocycles. The highest BCUT2D eigenvalue weighted by atomic mass is 19.1. The topological polar surface area (TPSA) is 3.24 Å². The van der Waals surface area contributed by atoms with Crippen molar-refractivity contribution in [2.24, 2.45) is 0 Å². The van der Waals surface area contributed by atoms with E-state index in [9.17, 15) is 4.39 Å². The smallest absolute Gasteiger partial charge is 0.110 e. The standard InChI is InChI=1S/C7H16FN/c1-4-9(5-2)6-7(3)8/h7H,4-6H2,1-3H3. The molecular weight excluding hydrogens is 117 g/mol. The molecule has 56 valence electrons. The van der Waals surface area contributed by atoms with Crippen LogP contribution in [0.5, 0.6) is 0 Å². The molecule has 1 unspecified atom stereocenters. The second kappa shape index (κ2) is 4.74. The molecule has 0 aliphatic rings. The lowest BCUT2D eigenvalue weighted by atomic mass is 10.4. The lowest BCUT2D eigenvalue weighted by Gasteiger charge is -2.17. The van der Waals surface area contributed by atoms with Crippen LogP contribution in [0.25, 0.3) is 0 Å². The molecule has 0 N–H and O–H groups in total. The van der Waals surface area contributed by atoms with Gasteiger partial charge < -0.3 is 4.90 Å². The van der Waals surface area contributed by atoms with Crippen molar-refractivity contribution in [3.63, 3.8) is 0 Å². The number of hydrogen-bond donors (Lipinski definition) is 0. The van der Waals surface area contributed by atoms with E-state index >= 15 is 0 Å². The predicted octanol–water partition coefficient (Wildman–Crippen LogP) is 1.69. The van der Waals surface area contributed by atoms with Crippen molar-refractivity contribution >= 4 is 0 Å². The first-order valence-corrected chi connectivity index (χ1v) is 3.57. The van der Waals surface area contributed by atoms with E-state index in [4.69, 9.17) is 0 Å². The van der Waals surface area contributed by atoms with Gasteiger partial charge in [0.2, 0.25) is 0 Å². The summed E-state index contributed by atoms with van der Waals surface area (Å²) in [7, 11) is 0. The van der Waals surface area contributed by atoms with Gasteiger partial charge >= 0.3 is 0 Å². The van der Waals surface area contributed by atoms with Gasteiger partial charge in [-0.15, -0.1) is 0 Å². The van der Waals surface area contributed by atoms with Crippen molar-refractivity contribution in [3.8, 4) is 0 Å². The maximum atomic E-state index is 12.3. The summed E-state index contributed by atoms with van der Waals surface area (Å²) in [6, 6.07) is 0. The molecule has 0 spiro atoms. The third-order valence-electron chi connectivity index (χ3n) is 1.40. The fourth-order valence-corrected chi connectivity index (χ4v) is 0.838. The Morgan fingerprint density at radius 1 is 1.33 bits per heavy atom. The van der Waals surface area contributed by atoms with Crippen molar-refractivity contribution in [2.75, 3.05) is 19.6 Å². The van der Waals surface area contributed by atoms with Crippen LogP contribution in [0.3, 0.4) is 0 Å². The number of nitrogens with zero attached hydrogens (tertiary/aromatic N) is 1. The summed E-state index contributed by atoms with van der Waals surface area (Å²) in [6.45, 7) is 8.17. The molecule has 1 nitrogen and oxygen atoms in total. The van der Waals surface area contributed by atoms with E-state index in [2.05, 4.69) is 4.90 Å². The number of alkyl halides is 1. The normalized spacial score (nSPS) is 14.3. The Kier molecular flexibility index (Phi) is 4.68. The van der Waals surface area contributed by atoms with Crippen LogP contribution in [0, 0.1) is 0 Å². The zero-order valence-electron chi connectivity index (χ0n) is 6.52. The Hall–Kier alpha value is -0.110. The van der Waals surface area contributed by atoms with Gasteiger partial charge in [-0.05, 0) is 20.0 Å². The van der Waals surface area contributed by atoms with E-state index in [1.807, 2.05) is 13.8 Å². The summed E-state index contributed by atoms with van der Waals surface area (Å²) in [5.74, 6) is 0. The third kappa shape index (κ3) is 4.40. The van der Waals surface area contributed by atoms with Crippen LogP contribution in [-0.4, -0.2) is 30.7 Å². The summed E-state index contributed by atoms with van der Waals surface area (Å²) >= 11 is 0. The average Bonchev–Trinajstić information content (AvgIpc) is 1.82. The van der Waals surface area contributed by atoms with Crippen LogP contribution in [0.2, 0.25) is 0 Å². The Bertz CT molecular complexity index is 59.9. The summed E-state index contributed by atoms with van der Waals surface area (Å²) < 4.78 is 12.3. The van der Waals surface area contributed by atoms with Crippen LogP contribution in [0.4, 0.5) is 4.39 Å². The number of hydrogen-bond acceptors (Lipinski definition) is 1. The molecule has 0 aromatic rings. The Morgan fingerprint density at radius 2 is 1.78 bits per heavy atom. The van der Waals surface area contributed by atoms with Crippen LogP contribution in [0.15, 0.2) is 0 Å². The largest absolute Gasteiger partial charge is 0.301 e. The predicted molar refractivity (Wildman–Crippen MR) is 38.4 cm³/mol. The Balaban J connectivity index is 3.31. The highest BCUT2D eigenvalue weighted by molar-refractivity contribution is 4.56. The molecule has 0 bridgehead atoms. The van der Waals surface area contributed by atoms with Crippen LogP contribution < -0.4 is 0 Å². The van der Waals surface area contributed by atoms with E-state index in [0.29, 0.717) is 6.54 Å². The molecule has 9 heavy (non-hydrogen) atoms.